The number of anilines is 1. The molecule has 0 aliphatic rings. The maximum absolute atomic E-state index is 3.90. The van der Waals surface area contributed by atoms with Crippen molar-refractivity contribution in [3.05, 3.63) is 30.1 Å². The Balaban J connectivity index is 2.17. The van der Waals surface area contributed by atoms with Gasteiger partial charge in [0.15, 0.2) is 0 Å². The van der Waals surface area contributed by atoms with Crippen molar-refractivity contribution in [1.29, 1.82) is 0 Å². The summed E-state index contributed by atoms with van der Waals surface area (Å²) in [5.74, 6) is 0.668. The molecule has 0 aliphatic heterocycles. The van der Waals surface area contributed by atoms with Crippen LogP contribution in [0.5, 0.6) is 0 Å². The normalized spacial score (nSPS) is 12.4. The SMILES string of the molecule is CCC(C)CNc1cc(-n2cnnn2)ccc1C. The average molecular weight is 245 g/mol. The van der Waals surface area contributed by atoms with Gasteiger partial charge in [0, 0.05) is 12.2 Å². The fraction of sp³-hybridized carbons (Fsp3) is 0.462. The van der Waals surface area contributed by atoms with Crippen molar-refractivity contribution in [2.75, 3.05) is 11.9 Å². The minimum atomic E-state index is 0.668. The lowest BCUT2D eigenvalue weighted by molar-refractivity contribution is 0.593. The van der Waals surface area contributed by atoms with E-state index in [9.17, 15) is 0 Å². The summed E-state index contributed by atoms with van der Waals surface area (Å²) in [5.41, 5.74) is 3.34. The van der Waals surface area contributed by atoms with Crippen molar-refractivity contribution in [2.24, 2.45) is 5.92 Å². The number of benzene rings is 1. The van der Waals surface area contributed by atoms with Crippen LogP contribution in [0, 0.1) is 12.8 Å². The fourth-order valence-electron chi connectivity index (χ4n) is 1.65. The molecule has 1 atom stereocenters. The van der Waals surface area contributed by atoms with E-state index < -0.39 is 0 Å². The molecule has 0 bridgehead atoms. The zero-order chi connectivity index (χ0) is 13.0. The van der Waals surface area contributed by atoms with Gasteiger partial charge in [-0.15, -0.1) is 5.10 Å². The maximum Gasteiger partial charge on any atom is 0.143 e. The van der Waals surface area contributed by atoms with Crippen LogP contribution in [0.15, 0.2) is 24.5 Å². The van der Waals surface area contributed by atoms with Gasteiger partial charge in [-0.2, -0.15) is 0 Å². The van der Waals surface area contributed by atoms with Gasteiger partial charge < -0.3 is 5.32 Å². The van der Waals surface area contributed by atoms with Crippen molar-refractivity contribution < 1.29 is 0 Å². The van der Waals surface area contributed by atoms with Gasteiger partial charge in [-0.1, -0.05) is 26.3 Å². The third kappa shape index (κ3) is 2.85. The van der Waals surface area contributed by atoms with Gasteiger partial charge in [0.25, 0.3) is 0 Å². The van der Waals surface area contributed by atoms with E-state index >= 15 is 0 Å². The van der Waals surface area contributed by atoms with E-state index in [1.54, 1.807) is 11.0 Å². The fourth-order valence-corrected chi connectivity index (χ4v) is 1.65. The molecule has 0 spiro atoms. The van der Waals surface area contributed by atoms with Crippen molar-refractivity contribution in [1.82, 2.24) is 20.2 Å². The molecule has 0 saturated carbocycles. The standard InChI is InChI=1S/C13H19N5/c1-4-10(2)8-14-13-7-12(6-5-11(13)3)18-9-15-16-17-18/h5-7,9-10,14H,4,8H2,1-3H3. The Labute approximate surface area is 107 Å². The summed E-state index contributed by atoms with van der Waals surface area (Å²) in [6, 6.07) is 6.17. The van der Waals surface area contributed by atoms with Crippen LogP contribution in [0.4, 0.5) is 5.69 Å². The highest BCUT2D eigenvalue weighted by Crippen LogP contribution is 2.19. The summed E-state index contributed by atoms with van der Waals surface area (Å²) >= 11 is 0. The Hall–Kier alpha value is -1.91. The van der Waals surface area contributed by atoms with Crippen LogP contribution in [-0.4, -0.2) is 26.8 Å². The zero-order valence-electron chi connectivity index (χ0n) is 11.1. The van der Waals surface area contributed by atoms with E-state index in [1.165, 1.54) is 12.0 Å². The number of nitrogens with one attached hydrogen (secondary N) is 1. The second kappa shape index (κ2) is 5.62. The number of hydrogen-bond donors (Lipinski definition) is 1. The van der Waals surface area contributed by atoms with E-state index in [-0.39, 0.29) is 0 Å². The van der Waals surface area contributed by atoms with Crippen LogP contribution in [0.3, 0.4) is 0 Å². The topological polar surface area (TPSA) is 55.6 Å². The predicted octanol–water partition coefficient (Wildman–Crippen LogP) is 2.43. The van der Waals surface area contributed by atoms with E-state index in [0.29, 0.717) is 5.92 Å². The number of aromatic nitrogens is 4. The number of nitrogens with zero attached hydrogens (tertiary/aromatic N) is 4. The molecule has 0 fully saturated rings. The summed E-state index contributed by atoms with van der Waals surface area (Å²) in [5, 5.41) is 14.7. The van der Waals surface area contributed by atoms with E-state index in [2.05, 4.69) is 53.7 Å². The smallest absolute Gasteiger partial charge is 0.143 e. The molecule has 5 nitrogen and oxygen atoms in total. The molecule has 18 heavy (non-hydrogen) atoms. The lowest BCUT2D eigenvalue weighted by atomic mass is 10.1. The zero-order valence-corrected chi connectivity index (χ0v) is 11.1. The van der Waals surface area contributed by atoms with E-state index in [0.717, 1.165) is 17.9 Å². The molecule has 1 N–H and O–H groups in total. The average Bonchev–Trinajstić information content (AvgIpc) is 2.91. The molecule has 0 aliphatic carbocycles. The monoisotopic (exact) mass is 245 g/mol. The highest BCUT2D eigenvalue weighted by Gasteiger charge is 2.04. The Morgan fingerprint density at radius 2 is 2.22 bits per heavy atom. The highest BCUT2D eigenvalue weighted by molar-refractivity contribution is 5.56. The molecule has 1 unspecified atom stereocenters. The summed E-state index contributed by atoms with van der Waals surface area (Å²) in [7, 11) is 0. The van der Waals surface area contributed by atoms with Crippen LogP contribution < -0.4 is 5.32 Å². The first-order chi connectivity index (χ1) is 8.70. The van der Waals surface area contributed by atoms with Gasteiger partial charge in [0.1, 0.15) is 6.33 Å². The molecule has 1 aromatic heterocycles. The number of hydrogen-bond acceptors (Lipinski definition) is 4. The highest BCUT2D eigenvalue weighted by atomic mass is 15.5. The Morgan fingerprint density at radius 3 is 2.89 bits per heavy atom. The molecule has 0 amide bonds. The molecular formula is C13H19N5. The van der Waals surface area contributed by atoms with Gasteiger partial charge in [-0.05, 0) is 41.0 Å². The number of tetrazole rings is 1. The van der Waals surface area contributed by atoms with Gasteiger partial charge in [-0.25, -0.2) is 4.68 Å². The minimum absolute atomic E-state index is 0.668. The van der Waals surface area contributed by atoms with Gasteiger partial charge >= 0.3 is 0 Å². The quantitative estimate of drug-likeness (QED) is 0.879. The van der Waals surface area contributed by atoms with Gasteiger partial charge in [-0.3, -0.25) is 0 Å². The first-order valence-corrected chi connectivity index (χ1v) is 6.28. The van der Waals surface area contributed by atoms with Gasteiger partial charge in [0.05, 0.1) is 5.69 Å². The first kappa shape index (κ1) is 12.5. The summed E-state index contributed by atoms with van der Waals surface area (Å²) in [6.45, 7) is 7.53. The third-order valence-corrected chi connectivity index (χ3v) is 3.17. The third-order valence-electron chi connectivity index (χ3n) is 3.17. The van der Waals surface area contributed by atoms with Crippen molar-refractivity contribution >= 4 is 5.69 Å². The lowest BCUT2D eigenvalue weighted by Gasteiger charge is -2.14. The Bertz CT molecular complexity index is 492. The maximum atomic E-state index is 3.90. The number of rotatable bonds is 5. The van der Waals surface area contributed by atoms with Crippen LogP contribution in [0.25, 0.3) is 5.69 Å². The van der Waals surface area contributed by atoms with Crippen LogP contribution >= 0.6 is 0 Å². The molecule has 5 heteroatoms. The Morgan fingerprint density at radius 1 is 1.39 bits per heavy atom. The summed E-state index contributed by atoms with van der Waals surface area (Å²) in [6.07, 6.45) is 2.78. The molecule has 0 radical (unpaired) electrons. The molecule has 1 aromatic carbocycles. The first-order valence-electron chi connectivity index (χ1n) is 6.28. The number of aryl methyl sites for hydroxylation is 1. The summed E-state index contributed by atoms with van der Waals surface area (Å²) in [4.78, 5) is 0. The lowest BCUT2D eigenvalue weighted by Crippen LogP contribution is -2.11. The largest absolute Gasteiger partial charge is 0.385 e. The molecule has 1 heterocycles. The van der Waals surface area contributed by atoms with Crippen LogP contribution in [0.1, 0.15) is 25.8 Å². The van der Waals surface area contributed by atoms with Gasteiger partial charge in [0.2, 0.25) is 0 Å². The van der Waals surface area contributed by atoms with Crippen molar-refractivity contribution in [3.8, 4) is 5.69 Å². The van der Waals surface area contributed by atoms with Crippen LogP contribution in [-0.2, 0) is 0 Å². The van der Waals surface area contributed by atoms with E-state index in [1.807, 2.05) is 6.07 Å². The minimum Gasteiger partial charge on any atom is -0.385 e. The molecular weight excluding hydrogens is 226 g/mol. The van der Waals surface area contributed by atoms with Crippen LogP contribution in [0.2, 0.25) is 0 Å². The molecule has 2 aromatic rings. The molecule has 0 saturated heterocycles. The molecule has 96 valence electrons. The van der Waals surface area contributed by atoms with E-state index in [4.69, 9.17) is 0 Å². The second-order valence-corrected chi connectivity index (χ2v) is 4.65. The Kier molecular flexibility index (Phi) is 3.92. The van der Waals surface area contributed by atoms with Crippen molar-refractivity contribution in [2.45, 2.75) is 27.2 Å². The predicted molar refractivity (Wildman–Crippen MR) is 71.8 cm³/mol. The molecule has 2 rings (SSSR count). The summed E-state index contributed by atoms with van der Waals surface area (Å²) < 4.78 is 1.66. The van der Waals surface area contributed by atoms with Crippen molar-refractivity contribution in [3.63, 3.8) is 0 Å². The second-order valence-electron chi connectivity index (χ2n) is 4.65.